The second-order valence-electron chi connectivity index (χ2n) is 5.86. The summed E-state index contributed by atoms with van der Waals surface area (Å²) in [6, 6.07) is 12.5. The summed E-state index contributed by atoms with van der Waals surface area (Å²) in [6.07, 6.45) is 0. The van der Waals surface area contributed by atoms with Gasteiger partial charge in [-0.05, 0) is 55.0 Å². The molecule has 1 aromatic heterocycles. The third-order valence-corrected chi connectivity index (χ3v) is 5.69. The second kappa shape index (κ2) is 8.14. The van der Waals surface area contributed by atoms with Crippen LogP contribution in [0.2, 0.25) is 10.0 Å². The number of amides is 1. The summed E-state index contributed by atoms with van der Waals surface area (Å²) >= 11 is 13.1. The third-order valence-electron chi connectivity index (χ3n) is 3.91. The third kappa shape index (κ3) is 4.25. The zero-order chi connectivity index (χ0) is 20.4. The van der Waals surface area contributed by atoms with Crippen LogP contribution in [0.1, 0.15) is 37.3 Å². The zero-order valence-corrected chi connectivity index (χ0v) is 16.8. The van der Waals surface area contributed by atoms with E-state index in [2.05, 4.69) is 5.32 Å². The molecule has 0 aliphatic carbocycles. The monoisotopic (exact) mass is 433 g/mol. The Bertz CT molecular complexity index is 1110. The molecule has 0 saturated heterocycles. The van der Waals surface area contributed by atoms with E-state index in [-0.39, 0.29) is 27.6 Å². The predicted octanol–water partition coefficient (Wildman–Crippen LogP) is 5.88. The molecule has 0 fully saturated rings. The highest BCUT2D eigenvalue weighted by Crippen LogP contribution is 2.32. The maximum atomic E-state index is 12.5. The Balaban J connectivity index is 1.94. The molecule has 3 rings (SSSR count). The van der Waals surface area contributed by atoms with E-state index in [1.807, 2.05) is 0 Å². The number of hydrogen-bond acceptors (Lipinski definition) is 4. The highest BCUT2D eigenvalue weighted by molar-refractivity contribution is 7.17. The van der Waals surface area contributed by atoms with Crippen molar-refractivity contribution >= 4 is 57.9 Å². The van der Waals surface area contributed by atoms with Crippen molar-refractivity contribution in [3.63, 3.8) is 0 Å². The Morgan fingerprint density at radius 2 is 1.71 bits per heavy atom. The van der Waals surface area contributed by atoms with Crippen molar-refractivity contribution in [2.24, 2.45) is 0 Å². The van der Waals surface area contributed by atoms with E-state index < -0.39 is 11.9 Å². The van der Waals surface area contributed by atoms with Gasteiger partial charge in [-0.2, -0.15) is 0 Å². The average Bonchev–Trinajstić information content (AvgIpc) is 3.12. The van der Waals surface area contributed by atoms with E-state index in [1.54, 1.807) is 18.2 Å². The number of hydrogen-bond donors (Lipinski definition) is 2. The Morgan fingerprint density at radius 3 is 2.32 bits per heavy atom. The van der Waals surface area contributed by atoms with Crippen LogP contribution >= 0.6 is 34.5 Å². The standard InChI is InChI=1S/C20H13Cl2NO4S/c1-10(24)17-6-7-18(28-17)11-2-5-16(14(8-11)20(26)27)23-19(25)13-4-3-12(21)9-15(13)22/h2-9H,1H3,(H,23,25)(H,26,27). The lowest BCUT2D eigenvalue weighted by molar-refractivity contribution is 0.0698. The first-order valence-electron chi connectivity index (χ1n) is 8.01. The maximum Gasteiger partial charge on any atom is 0.337 e. The number of carbonyl (C=O) groups excluding carboxylic acids is 2. The minimum Gasteiger partial charge on any atom is -0.478 e. The normalized spacial score (nSPS) is 10.5. The first-order valence-corrected chi connectivity index (χ1v) is 9.58. The minimum absolute atomic E-state index is 0.0570. The van der Waals surface area contributed by atoms with Crippen LogP contribution in [0.25, 0.3) is 10.4 Å². The number of Topliss-reactive ketones (excluding diaryl/α,β-unsaturated/α-hetero) is 1. The molecule has 0 saturated carbocycles. The van der Waals surface area contributed by atoms with Crippen LogP contribution in [-0.4, -0.2) is 22.8 Å². The Labute approximate surface area is 174 Å². The fourth-order valence-electron chi connectivity index (χ4n) is 2.53. The van der Waals surface area contributed by atoms with Gasteiger partial charge in [0.1, 0.15) is 0 Å². The van der Waals surface area contributed by atoms with Gasteiger partial charge in [-0.1, -0.05) is 29.3 Å². The van der Waals surface area contributed by atoms with E-state index in [9.17, 15) is 19.5 Å². The molecule has 1 heterocycles. The van der Waals surface area contributed by atoms with E-state index in [4.69, 9.17) is 23.2 Å². The van der Waals surface area contributed by atoms with Crippen molar-refractivity contribution in [1.29, 1.82) is 0 Å². The van der Waals surface area contributed by atoms with Crippen LogP contribution < -0.4 is 5.32 Å². The summed E-state index contributed by atoms with van der Waals surface area (Å²) in [7, 11) is 0. The molecule has 0 atom stereocenters. The van der Waals surface area contributed by atoms with Gasteiger partial charge in [0.15, 0.2) is 5.78 Å². The maximum absolute atomic E-state index is 12.5. The van der Waals surface area contributed by atoms with Gasteiger partial charge in [0.25, 0.3) is 5.91 Å². The van der Waals surface area contributed by atoms with Crippen molar-refractivity contribution in [3.8, 4) is 10.4 Å². The average molecular weight is 434 g/mol. The fraction of sp³-hybridized carbons (Fsp3) is 0.0500. The summed E-state index contributed by atoms with van der Waals surface area (Å²) in [5, 5.41) is 12.7. The van der Waals surface area contributed by atoms with Crippen molar-refractivity contribution in [2.45, 2.75) is 6.92 Å². The van der Waals surface area contributed by atoms with Gasteiger partial charge in [0.2, 0.25) is 0 Å². The number of benzene rings is 2. The van der Waals surface area contributed by atoms with Crippen LogP contribution in [0.15, 0.2) is 48.5 Å². The molecule has 8 heteroatoms. The smallest absolute Gasteiger partial charge is 0.337 e. The van der Waals surface area contributed by atoms with Crippen LogP contribution in [0.4, 0.5) is 5.69 Å². The number of carboxylic acid groups (broad SMARTS) is 1. The minimum atomic E-state index is -1.19. The number of halogens is 2. The van der Waals surface area contributed by atoms with Gasteiger partial charge in [-0.15, -0.1) is 11.3 Å². The van der Waals surface area contributed by atoms with Crippen molar-refractivity contribution in [2.75, 3.05) is 5.32 Å². The predicted molar refractivity (Wildman–Crippen MR) is 111 cm³/mol. The fourth-order valence-corrected chi connectivity index (χ4v) is 3.92. The lowest BCUT2D eigenvalue weighted by Crippen LogP contribution is -2.15. The number of anilines is 1. The molecule has 0 unspecified atom stereocenters. The first-order chi connectivity index (χ1) is 13.3. The molecule has 2 aromatic carbocycles. The number of carboxylic acids is 1. The Morgan fingerprint density at radius 1 is 0.964 bits per heavy atom. The van der Waals surface area contributed by atoms with Gasteiger partial charge in [0.05, 0.1) is 26.7 Å². The largest absolute Gasteiger partial charge is 0.478 e. The van der Waals surface area contributed by atoms with Crippen molar-refractivity contribution in [3.05, 3.63) is 74.6 Å². The van der Waals surface area contributed by atoms with Gasteiger partial charge >= 0.3 is 5.97 Å². The van der Waals surface area contributed by atoms with Gasteiger partial charge in [-0.3, -0.25) is 9.59 Å². The van der Waals surface area contributed by atoms with Crippen LogP contribution in [0.5, 0.6) is 0 Å². The molecular formula is C20H13Cl2NO4S. The van der Waals surface area contributed by atoms with Gasteiger partial charge in [0, 0.05) is 9.90 Å². The number of nitrogens with one attached hydrogen (secondary N) is 1. The summed E-state index contributed by atoms with van der Waals surface area (Å²) in [6.45, 7) is 1.47. The number of carbonyl (C=O) groups is 3. The van der Waals surface area contributed by atoms with Gasteiger partial charge < -0.3 is 10.4 Å². The topological polar surface area (TPSA) is 83.5 Å². The van der Waals surface area contributed by atoms with Crippen LogP contribution in [-0.2, 0) is 0 Å². The van der Waals surface area contributed by atoms with Crippen molar-refractivity contribution in [1.82, 2.24) is 0 Å². The van der Waals surface area contributed by atoms with Gasteiger partial charge in [-0.25, -0.2) is 4.79 Å². The molecule has 0 aliphatic rings. The number of ketones is 1. The summed E-state index contributed by atoms with van der Waals surface area (Å²) in [5.41, 5.74) is 0.873. The summed E-state index contributed by atoms with van der Waals surface area (Å²) in [4.78, 5) is 37.0. The second-order valence-corrected chi connectivity index (χ2v) is 7.79. The first kappa shape index (κ1) is 20.1. The van der Waals surface area contributed by atoms with E-state index in [0.29, 0.717) is 15.5 Å². The summed E-state index contributed by atoms with van der Waals surface area (Å²) < 4.78 is 0. The SMILES string of the molecule is CC(=O)c1ccc(-c2ccc(NC(=O)c3ccc(Cl)cc3Cl)c(C(=O)O)c2)s1. The quantitative estimate of drug-likeness (QED) is 0.492. The molecule has 5 nitrogen and oxygen atoms in total. The lowest BCUT2D eigenvalue weighted by Gasteiger charge is -2.11. The highest BCUT2D eigenvalue weighted by Gasteiger charge is 2.17. The Hall–Kier alpha value is -2.67. The number of thiophene rings is 1. The molecule has 0 bridgehead atoms. The molecule has 3 aromatic rings. The summed E-state index contributed by atoms with van der Waals surface area (Å²) in [5.74, 6) is -1.80. The van der Waals surface area contributed by atoms with Crippen molar-refractivity contribution < 1.29 is 19.5 Å². The molecule has 0 aliphatic heterocycles. The van der Waals surface area contributed by atoms with Crippen LogP contribution in [0, 0.1) is 0 Å². The number of aromatic carboxylic acids is 1. The van der Waals surface area contributed by atoms with E-state index in [0.717, 1.165) is 4.88 Å². The zero-order valence-electron chi connectivity index (χ0n) is 14.5. The lowest BCUT2D eigenvalue weighted by atomic mass is 10.1. The molecular weight excluding hydrogens is 421 g/mol. The Kier molecular flexibility index (Phi) is 5.84. The molecule has 0 spiro atoms. The molecule has 2 N–H and O–H groups in total. The van der Waals surface area contributed by atoms with E-state index >= 15 is 0 Å². The number of rotatable bonds is 5. The molecule has 142 valence electrons. The molecule has 1 amide bonds. The molecule has 0 radical (unpaired) electrons. The van der Waals surface area contributed by atoms with E-state index in [1.165, 1.54) is 48.6 Å². The van der Waals surface area contributed by atoms with Crippen LogP contribution in [0.3, 0.4) is 0 Å². The molecule has 28 heavy (non-hydrogen) atoms. The highest BCUT2D eigenvalue weighted by atomic mass is 35.5.